The summed E-state index contributed by atoms with van der Waals surface area (Å²) in [4.78, 5) is 12.2. The normalized spacial score (nSPS) is 12.1. The average Bonchev–Trinajstić information content (AvgIpc) is 2.87. The first-order valence-electron chi connectivity index (χ1n) is 7.05. The molecule has 1 atom stereocenters. The first-order chi connectivity index (χ1) is 10.1. The maximum atomic E-state index is 12.9. The summed E-state index contributed by atoms with van der Waals surface area (Å²) in [7, 11) is 0. The van der Waals surface area contributed by atoms with E-state index in [1.54, 1.807) is 12.1 Å². The Morgan fingerprint density at radius 2 is 2.10 bits per heavy atom. The van der Waals surface area contributed by atoms with Gasteiger partial charge in [0.15, 0.2) is 0 Å². The van der Waals surface area contributed by atoms with Crippen LogP contribution >= 0.6 is 0 Å². The van der Waals surface area contributed by atoms with Gasteiger partial charge in [0, 0.05) is 19.0 Å². The van der Waals surface area contributed by atoms with E-state index in [1.165, 1.54) is 12.1 Å². The predicted molar refractivity (Wildman–Crippen MR) is 77.4 cm³/mol. The molecule has 0 aliphatic heterocycles. The van der Waals surface area contributed by atoms with Gasteiger partial charge in [-0.25, -0.2) is 4.39 Å². The fourth-order valence-corrected chi connectivity index (χ4v) is 2.24. The third-order valence-corrected chi connectivity index (χ3v) is 3.35. The van der Waals surface area contributed by atoms with Crippen molar-refractivity contribution in [2.24, 2.45) is 0 Å². The number of rotatable bonds is 6. The van der Waals surface area contributed by atoms with Gasteiger partial charge in [-0.05, 0) is 31.0 Å². The Labute approximate surface area is 123 Å². The van der Waals surface area contributed by atoms with E-state index in [1.807, 2.05) is 19.9 Å². The van der Waals surface area contributed by atoms with E-state index < -0.39 is 0 Å². The first kappa shape index (κ1) is 15.2. The molecule has 1 heterocycles. The van der Waals surface area contributed by atoms with Crippen LogP contribution in [0.1, 0.15) is 36.3 Å². The lowest BCUT2D eigenvalue weighted by molar-refractivity contribution is -0.122. The molecule has 0 aliphatic carbocycles. The molecular weight excluding hydrogens is 271 g/mol. The molecule has 5 heteroatoms. The van der Waals surface area contributed by atoms with Crippen LogP contribution in [0.2, 0.25) is 0 Å². The highest BCUT2D eigenvalue weighted by molar-refractivity contribution is 5.83. The van der Waals surface area contributed by atoms with E-state index in [0.717, 1.165) is 17.0 Å². The lowest BCUT2D eigenvalue weighted by Gasteiger charge is -2.15. The molecule has 112 valence electrons. The molecule has 0 fully saturated rings. The van der Waals surface area contributed by atoms with Crippen LogP contribution in [-0.2, 0) is 11.2 Å². The number of hydrogen-bond donors (Lipinski definition) is 1. The van der Waals surface area contributed by atoms with E-state index in [9.17, 15) is 9.18 Å². The second-order valence-corrected chi connectivity index (χ2v) is 4.98. The average molecular weight is 290 g/mol. The van der Waals surface area contributed by atoms with Gasteiger partial charge in [-0.1, -0.05) is 24.2 Å². The van der Waals surface area contributed by atoms with E-state index in [2.05, 4.69) is 10.5 Å². The number of benzene rings is 1. The van der Waals surface area contributed by atoms with Gasteiger partial charge in [0.25, 0.3) is 0 Å². The summed E-state index contributed by atoms with van der Waals surface area (Å²) in [6.07, 6.45) is 1.30. The Balaban J connectivity index is 1.89. The molecule has 0 aliphatic rings. The Kier molecular flexibility index (Phi) is 5.09. The number of halogens is 1. The molecule has 1 unspecified atom stereocenters. The highest BCUT2D eigenvalue weighted by Gasteiger charge is 2.18. The minimum Gasteiger partial charge on any atom is -0.361 e. The van der Waals surface area contributed by atoms with E-state index in [-0.39, 0.29) is 17.6 Å². The summed E-state index contributed by atoms with van der Waals surface area (Å²) in [5, 5.41) is 6.77. The lowest BCUT2D eigenvalue weighted by Crippen LogP contribution is -2.30. The topological polar surface area (TPSA) is 55.1 Å². The maximum absolute atomic E-state index is 12.9. The summed E-state index contributed by atoms with van der Waals surface area (Å²) < 4.78 is 17.9. The van der Waals surface area contributed by atoms with Crippen LogP contribution in [0, 0.1) is 12.7 Å². The predicted octanol–water partition coefficient (Wildman–Crippen LogP) is 2.97. The molecule has 0 radical (unpaired) electrons. The van der Waals surface area contributed by atoms with Crippen LogP contribution in [0.15, 0.2) is 34.9 Å². The summed E-state index contributed by atoms with van der Waals surface area (Å²) >= 11 is 0. The number of aromatic nitrogens is 1. The van der Waals surface area contributed by atoms with Gasteiger partial charge in [-0.15, -0.1) is 0 Å². The molecule has 0 saturated carbocycles. The minimum atomic E-state index is -0.296. The van der Waals surface area contributed by atoms with Crippen molar-refractivity contribution >= 4 is 5.91 Å². The number of carbonyl (C=O) groups is 1. The molecule has 1 amide bonds. The summed E-state index contributed by atoms with van der Waals surface area (Å²) in [5.41, 5.74) is 1.65. The number of aryl methyl sites for hydroxylation is 1. The van der Waals surface area contributed by atoms with Crippen LogP contribution in [0.5, 0.6) is 0 Å². The van der Waals surface area contributed by atoms with Crippen LogP contribution in [0.3, 0.4) is 0 Å². The largest absolute Gasteiger partial charge is 0.361 e. The number of hydrogen-bond acceptors (Lipinski definition) is 3. The van der Waals surface area contributed by atoms with Crippen molar-refractivity contribution in [3.05, 3.63) is 53.2 Å². The van der Waals surface area contributed by atoms with Crippen molar-refractivity contribution in [2.45, 2.75) is 32.6 Å². The van der Waals surface area contributed by atoms with Gasteiger partial charge in [-0.3, -0.25) is 4.79 Å². The Hall–Kier alpha value is -2.17. The Morgan fingerprint density at radius 1 is 1.38 bits per heavy atom. The van der Waals surface area contributed by atoms with Gasteiger partial charge < -0.3 is 9.84 Å². The van der Waals surface area contributed by atoms with E-state index >= 15 is 0 Å². The molecule has 0 bridgehead atoms. The number of amides is 1. The van der Waals surface area contributed by atoms with Crippen LogP contribution in [-0.4, -0.2) is 17.6 Å². The molecule has 1 aromatic heterocycles. The summed E-state index contributed by atoms with van der Waals surface area (Å²) in [6, 6.07) is 7.92. The Bertz CT molecular complexity index is 593. The van der Waals surface area contributed by atoms with Gasteiger partial charge >= 0.3 is 0 Å². The second kappa shape index (κ2) is 7.02. The zero-order valence-corrected chi connectivity index (χ0v) is 12.2. The van der Waals surface area contributed by atoms with Gasteiger partial charge in [-0.2, -0.15) is 0 Å². The lowest BCUT2D eigenvalue weighted by atomic mass is 9.95. The van der Waals surface area contributed by atoms with Gasteiger partial charge in [0.2, 0.25) is 5.91 Å². The summed E-state index contributed by atoms with van der Waals surface area (Å²) in [6.45, 7) is 4.27. The van der Waals surface area contributed by atoms with Crippen molar-refractivity contribution < 1.29 is 13.7 Å². The quantitative estimate of drug-likeness (QED) is 0.890. The van der Waals surface area contributed by atoms with Crippen LogP contribution < -0.4 is 5.32 Å². The highest BCUT2D eigenvalue weighted by atomic mass is 19.1. The third-order valence-electron chi connectivity index (χ3n) is 3.35. The standard InChI is InChI=1S/C16H19FN2O2/c1-3-15(12-4-6-13(17)7-5-12)16(20)18-9-8-14-10-11(2)21-19-14/h4-7,10,15H,3,8-9H2,1-2H3,(H,18,20). The SMILES string of the molecule is CCC(C(=O)NCCc1cc(C)on1)c1ccc(F)cc1. The second-order valence-electron chi connectivity index (χ2n) is 4.98. The number of nitrogens with one attached hydrogen (secondary N) is 1. The molecule has 4 nitrogen and oxygen atoms in total. The van der Waals surface area contributed by atoms with Gasteiger partial charge in [0.05, 0.1) is 11.6 Å². The van der Waals surface area contributed by atoms with Crippen molar-refractivity contribution in [3.8, 4) is 0 Å². The summed E-state index contributed by atoms with van der Waals surface area (Å²) in [5.74, 6) is 0.151. The monoisotopic (exact) mass is 290 g/mol. The molecule has 0 saturated heterocycles. The molecule has 21 heavy (non-hydrogen) atoms. The minimum absolute atomic E-state index is 0.0516. The molecule has 0 spiro atoms. The number of nitrogens with zero attached hydrogens (tertiary/aromatic N) is 1. The third kappa shape index (κ3) is 4.15. The van der Waals surface area contributed by atoms with E-state index in [4.69, 9.17) is 4.52 Å². The first-order valence-corrected chi connectivity index (χ1v) is 7.05. The highest BCUT2D eigenvalue weighted by Crippen LogP contribution is 2.20. The fourth-order valence-electron chi connectivity index (χ4n) is 2.24. The van der Waals surface area contributed by atoms with Gasteiger partial charge in [0.1, 0.15) is 11.6 Å². The van der Waals surface area contributed by atoms with Crippen molar-refractivity contribution in [1.29, 1.82) is 0 Å². The molecule has 2 rings (SSSR count). The number of carbonyl (C=O) groups excluding carboxylic acids is 1. The van der Waals surface area contributed by atoms with Crippen LogP contribution in [0.25, 0.3) is 0 Å². The molecule has 1 aromatic carbocycles. The van der Waals surface area contributed by atoms with Crippen molar-refractivity contribution in [1.82, 2.24) is 10.5 Å². The Morgan fingerprint density at radius 3 is 2.67 bits per heavy atom. The van der Waals surface area contributed by atoms with Crippen LogP contribution in [0.4, 0.5) is 4.39 Å². The smallest absolute Gasteiger partial charge is 0.227 e. The molecule has 2 aromatic rings. The van der Waals surface area contributed by atoms with Crippen molar-refractivity contribution in [3.63, 3.8) is 0 Å². The fraction of sp³-hybridized carbons (Fsp3) is 0.375. The van der Waals surface area contributed by atoms with Crippen molar-refractivity contribution in [2.75, 3.05) is 6.54 Å². The van der Waals surface area contributed by atoms with E-state index in [0.29, 0.717) is 19.4 Å². The zero-order valence-electron chi connectivity index (χ0n) is 12.2. The maximum Gasteiger partial charge on any atom is 0.227 e. The molecule has 1 N–H and O–H groups in total. The zero-order chi connectivity index (χ0) is 15.2. The molecular formula is C16H19FN2O2.